The zero-order chi connectivity index (χ0) is 18.5. The maximum Gasteiger partial charge on any atom is 0.372 e. The van der Waals surface area contributed by atoms with Crippen LogP contribution in [0.4, 0.5) is 5.69 Å². The summed E-state index contributed by atoms with van der Waals surface area (Å²) in [6, 6.07) is 6.50. The molecule has 27 heavy (non-hydrogen) atoms. The molecule has 5 rings (SSSR count). The Balaban J connectivity index is 1.64. The number of fused-ring (bicyclic) bond motifs is 4. The van der Waals surface area contributed by atoms with Gasteiger partial charge in [-0.2, -0.15) is 0 Å². The van der Waals surface area contributed by atoms with Crippen LogP contribution >= 0.6 is 23.1 Å². The van der Waals surface area contributed by atoms with Gasteiger partial charge in [0, 0.05) is 22.6 Å². The Kier molecular flexibility index (Phi) is 3.87. The fourth-order valence-electron chi connectivity index (χ4n) is 3.63. The molecule has 0 fully saturated rings. The number of nitrogens with one attached hydrogen (secondary N) is 1. The van der Waals surface area contributed by atoms with E-state index < -0.39 is 0 Å². The van der Waals surface area contributed by atoms with Crippen LogP contribution < -0.4 is 10.5 Å². The third kappa shape index (κ3) is 2.69. The first kappa shape index (κ1) is 16.6. The lowest BCUT2D eigenvalue weighted by Crippen LogP contribution is -2.31. The summed E-state index contributed by atoms with van der Waals surface area (Å²) in [5, 5.41) is 15.1. The van der Waals surface area contributed by atoms with E-state index in [-0.39, 0.29) is 16.2 Å². The summed E-state index contributed by atoms with van der Waals surface area (Å²) in [5.41, 5.74) is 2.85. The molecule has 0 unspecified atom stereocenters. The molecule has 9 heteroatoms. The topological polar surface area (TPSA) is 88.8 Å². The second-order valence-corrected chi connectivity index (χ2v) is 8.69. The summed E-state index contributed by atoms with van der Waals surface area (Å²) in [7, 11) is 0. The number of hydrogen-bond donors (Lipinski definition) is 1. The van der Waals surface area contributed by atoms with Crippen LogP contribution in [-0.2, 0) is 12.8 Å². The number of thioether (sulfide) groups is 1. The van der Waals surface area contributed by atoms with Crippen molar-refractivity contribution in [1.29, 1.82) is 0 Å². The van der Waals surface area contributed by atoms with Gasteiger partial charge in [-0.25, -0.2) is 15.0 Å². The lowest BCUT2D eigenvalue weighted by molar-refractivity contribution is -0.729. The Morgan fingerprint density at radius 3 is 2.74 bits per heavy atom. The van der Waals surface area contributed by atoms with Crippen LogP contribution in [0.5, 0.6) is 0 Å². The Labute approximate surface area is 161 Å². The van der Waals surface area contributed by atoms with E-state index >= 15 is 0 Å². The van der Waals surface area contributed by atoms with E-state index in [1.807, 2.05) is 0 Å². The molecule has 3 heterocycles. The Hall–Kier alpha value is -2.52. The highest BCUT2D eigenvalue weighted by molar-refractivity contribution is 7.99. The molecule has 1 aliphatic heterocycles. The number of rotatable bonds is 2. The van der Waals surface area contributed by atoms with Crippen LogP contribution in [0, 0.1) is 4.91 Å². The molecule has 136 valence electrons. The zero-order valence-corrected chi connectivity index (χ0v) is 15.9. The lowest BCUT2D eigenvalue weighted by atomic mass is 9.97. The summed E-state index contributed by atoms with van der Waals surface area (Å²) in [6.45, 7) is 0. The molecule has 7 nitrogen and oxygen atoms in total. The molecule has 2 aromatic heterocycles. The minimum atomic E-state index is -0.174. The van der Waals surface area contributed by atoms with E-state index in [9.17, 15) is 9.70 Å². The number of hydrogen-bond acceptors (Lipinski definition) is 5. The number of benzene rings is 1. The standard InChI is InChI=1S/C18H15N4O3S2/c23-17-15-12-3-1-2-4-14(12)27-16(15)19-18-21(17)20-13(9-26-18)10-5-7-11(8-6-10)22(24)25/h5-8H,1-4,9H2,(H,24,25)/q+1/p+1. The Morgan fingerprint density at radius 2 is 1.96 bits per heavy atom. The van der Waals surface area contributed by atoms with Gasteiger partial charge in [0.1, 0.15) is 11.1 Å². The Bertz CT molecular complexity index is 1180. The number of aromatic nitrogens is 2. The van der Waals surface area contributed by atoms with Gasteiger partial charge in [-0.05, 0) is 55.1 Å². The number of thiophene rings is 1. The van der Waals surface area contributed by atoms with Gasteiger partial charge in [0.2, 0.25) is 0 Å². The van der Waals surface area contributed by atoms with Crippen molar-refractivity contribution in [3.63, 3.8) is 0 Å². The summed E-state index contributed by atoms with van der Waals surface area (Å²) >= 11 is 3.24. The number of H-pyrrole nitrogens is 1. The third-order valence-electron chi connectivity index (χ3n) is 4.98. The van der Waals surface area contributed by atoms with Gasteiger partial charge in [0.05, 0.1) is 10.7 Å². The fourth-order valence-corrected chi connectivity index (χ4v) is 5.89. The first-order valence-electron chi connectivity index (χ1n) is 8.71. The van der Waals surface area contributed by atoms with Crippen LogP contribution in [0.3, 0.4) is 0 Å². The molecule has 0 saturated carbocycles. The van der Waals surface area contributed by atoms with Crippen molar-refractivity contribution in [2.45, 2.75) is 30.8 Å². The second-order valence-electron chi connectivity index (χ2n) is 6.62. The van der Waals surface area contributed by atoms with E-state index in [0.717, 1.165) is 45.9 Å². The van der Waals surface area contributed by atoms with E-state index in [0.29, 0.717) is 5.75 Å². The molecular weight excluding hydrogens is 384 g/mol. The van der Waals surface area contributed by atoms with Crippen molar-refractivity contribution in [3.05, 3.63) is 55.5 Å². The zero-order valence-electron chi connectivity index (χ0n) is 14.3. The van der Waals surface area contributed by atoms with Crippen LogP contribution in [0.2, 0.25) is 0 Å². The average molecular weight is 400 g/mol. The first-order valence-corrected chi connectivity index (χ1v) is 10.5. The quantitative estimate of drug-likeness (QED) is 0.529. The second kappa shape index (κ2) is 6.28. The largest absolute Gasteiger partial charge is 0.372 e. The van der Waals surface area contributed by atoms with Gasteiger partial charge in [-0.1, -0.05) is 21.1 Å². The molecule has 1 aliphatic carbocycles. The van der Waals surface area contributed by atoms with Crippen molar-refractivity contribution in [2.24, 2.45) is 5.10 Å². The smallest absolute Gasteiger partial charge is 0.241 e. The first-order chi connectivity index (χ1) is 13.1. The summed E-state index contributed by atoms with van der Waals surface area (Å²) in [4.78, 5) is 29.6. The van der Waals surface area contributed by atoms with Crippen LogP contribution in [0.15, 0.2) is 39.3 Å². The average Bonchev–Trinajstić information content (AvgIpc) is 3.06. The molecule has 0 amide bonds. The van der Waals surface area contributed by atoms with E-state index in [1.54, 1.807) is 23.5 Å². The monoisotopic (exact) mass is 400 g/mol. The van der Waals surface area contributed by atoms with E-state index in [4.69, 9.17) is 5.21 Å². The lowest BCUT2D eigenvalue weighted by Gasteiger charge is -2.11. The molecule has 0 bridgehead atoms. The van der Waals surface area contributed by atoms with Crippen molar-refractivity contribution in [3.8, 4) is 0 Å². The van der Waals surface area contributed by atoms with Gasteiger partial charge in [0.25, 0.3) is 4.92 Å². The maximum atomic E-state index is 13.2. The molecule has 2 aliphatic rings. The molecule has 1 aromatic carbocycles. The molecule has 0 atom stereocenters. The maximum absolute atomic E-state index is 13.2. The van der Waals surface area contributed by atoms with Crippen molar-refractivity contribution in [1.82, 2.24) is 4.68 Å². The van der Waals surface area contributed by atoms with Gasteiger partial charge in [0.15, 0.2) is 4.83 Å². The van der Waals surface area contributed by atoms with Crippen LogP contribution in [-0.4, -0.2) is 26.3 Å². The summed E-state index contributed by atoms with van der Waals surface area (Å²) in [6.07, 6.45) is 4.31. The predicted octanol–water partition coefficient (Wildman–Crippen LogP) is 2.91. The molecular formula is C18H16N4O3S2+2. The highest BCUT2D eigenvalue weighted by atomic mass is 32.2. The highest BCUT2D eigenvalue weighted by Gasteiger charge is 2.29. The van der Waals surface area contributed by atoms with Gasteiger partial charge >= 0.3 is 16.4 Å². The molecule has 0 radical (unpaired) electrons. The number of nitrogens with zero attached hydrogens (tertiary/aromatic N) is 3. The van der Waals surface area contributed by atoms with Gasteiger partial charge in [-0.3, -0.25) is 0 Å². The summed E-state index contributed by atoms with van der Waals surface area (Å²) in [5.74, 6) is 0.617. The number of aryl methyl sites for hydroxylation is 2. The molecule has 0 saturated heterocycles. The van der Waals surface area contributed by atoms with Crippen LogP contribution in [0.1, 0.15) is 28.8 Å². The Morgan fingerprint density at radius 1 is 1.19 bits per heavy atom. The molecule has 3 aromatic rings. The minimum Gasteiger partial charge on any atom is -0.241 e. The minimum absolute atomic E-state index is 0.0689. The third-order valence-corrected chi connectivity index (χ3v) is 7.15. The van der Waals surface area contributed by atoms with Crippen molar-refractivity contribution < 1.29 is 15.1 Å². The molecule has 2 N–H and O–H groups in total. The SMILES string of the molecule is O=c1c2c3c(sc2[nH+]c2n1N=C(c1ccc([N+](=O)O)cc1)CS2)CCCC3. The number of aromatic amines is 1. The predicted molar refractivity (Wildman–Crippen MR) is 103 cm³/mol. The van der Waals surface area contributed by atoms with Crippen molar-refractivity contribution >= 4 is 44.7 Å². The fraction of sp³-hybridized carbons (Fsp3) is 0.278. The molecule has 0 spiro atoms. The summed E-state index contributed by atoms with van der Waals surface area (Å²) < 4.78 is 1.47. The van der Waals surface area contributed by atoms with Crippen LogP contribution in [0.25, 0.3) is 10.2 Å². The highest BCUT2D eigenvalue weighted by Crippen LogP contribution is 2.33. The van der Waals surface area contributed by atoms with Gasteiger partial charge < -0.3 is 0 Å². The van der Waals surface area contributed by atoms with Crippen molar-refractivity contribution in [2.75, 3.05) is 5.75 Å². The van der Waals surface area contributed by atoms with E-state index in [2.05, 4.69) is 10.1 Å². The van der Waals surface area contributed by atoms with Gasteiger partial charge in [-0.15, -0.1) is 0 Å². The van der Waals surface area contributed by atoms with E-state index in [1.165, 1.54) is 45.4 Å². The normalized spacial score (nSPS) is 15.9.